The Labute approximate surface area is 141 Å². The molecule has 1 fully saturated rings. The van der Waals surface area contributed by atoms with Crippen LogP contribution in [0.1, 0.15) is 41.7 Å². The molecule has 23 heavy (non-hydrogen) atoms. The van der Waals surface area contributed by atoms with Crippen molar-refractivity contribution in [1.29, 1.82) is 0 Å². The number of halogens is 1. The highest BCUT2D eigenvalue weighted by atomic mass is 35.5. The first-order valence-electron chi connectivity index (χ1n) is 7.93. The molecule has 0 radical (unpaired) electrons. The molecule has 4 heteroatoms. The summed E-state index contributed by atoms with van der Waals surface area (Å²) in [4.78, 5) is 13.8. The summed E-state index contributed by atoms with van der Waals surface area (Å²) in [5, 5.41) is 9.50. The van der Waals surface area contributed by atoms with Crippen LogP contribution in [0, 0.1) is 0 Å². The topological polar surface area (TPSA) is 40.5 Å². The Morgan fingerprint density at radius 3 is 2.52 bits per heavy atom. The van der Waals surface area contributed by atoms with Gasteiger partial charge in [-0.3, -0.25) is 4.90 Å². The van der Waals surface area contributed by atoms with E-state index < -0.39 is 5.97 Å². The average Bonchev–Trinajstić information content (AvgIpc) is 3.09. The van der Waals surface area contributed by atoms with Gasteiger partial charge in [-0.1, -0.05) is 35.9 Å². The van der Waals surface area contributed by atoms with E-state index in [1.807, 2.05) is 18.2 Å². The molecular weight excluding hydrogens is 310 g/mol. The third-order valence-electron chi connectivity index (χ3n) is 4.59. The van der Waals surface area contributed by atoms with Crippen LogP contribution < -0.4 is 0 Å². The number of hydrogen-bond donors (Lipinski definition) is 1. The molecule has 0 aliphatic carbocycles. The van der Waals surface area contributed by atoms with E-state index in [1.165, 1.54) is 18.4 Å². The van der Waals surface area contributed by atoms with Crippen LogP contribution in [-0.2, 0) is 0 Å². The van der Waals surface area contributed by atoms with Crippen LogP contribution in [0.2, 0.25) is 5.02 Å². The number of benzene rings is 2. The summed E-state index contributed by atoms with van der Waals surface area (Å²) in [5.41, 5.74) is 3.30. The maximum Gasteiger partial charge on any atom is 0.337 e. The summed E-state index contributed by atoms with van der Waals surface area (Å²) in [6.07, 6.45) is 2.53. The zero-order valence-electron chi connectivity index (χ0n) is 13.1. The number of aromatic carboxylic acids is 1. The third-order valence-corrected chi connectivity index (χ3v) is 4.92. The monoisotopic (exact) mass is 329 g/mol. The van der Waals surface area contributed by atoms with Gasteiger partial charge in [0.15, 0.2) is 0 Å². The molecule has 120 valence electrons. The van der Waals surface area contributed by atoms with Crippen LogP contribution in [0.25, 0.3) is 11.1 Å². The fourth-order valence-corrected chi connectivity index (χ4v) is 3.38. The molecule has 1 atom stereocenters. The van der Waals surface area contributed by atoms with Crippen molar-refractivity contribution >= 4 is 17.6 Å². The summed E-state index contributed by atoms with van der Waals surface area (Å²) in [6.45, 7) is 4.53. The molecule has 1 saturated heterocycles. The minimum Gasteiger partial charge on any atom is -0.478 e. The second kappa shape index (κ2) is 6.73. The van der Waals surface area contributed by atoms with Crippen molar-refractivity contribution in [3.8, 4) is 11.1 Å². The van der Waals surface area contributed by atoms with Crippen LogP contribution >= 0.6 is 11.6 Å². The number of rotatable bonds is 4. The lowest BCUT2D eigenvalue weighted by Crippen LogP contribution is -2.23. The van der Waals surface area contributed by atoms with Crippen molar-refractivity contribution in [1.82, 2.24) is 4.90 Å². The van der Waals surface area contributed by atoms with Crippen LogP contribution in [0.3, 0.4) is 0 Å². The highest BCUT2D eigenvalue weighted by Gasteiger charge is 2.19. The number of hydrogen-bond acceptors (Lipinski definition) is 2. The Bertz CT molecular complexity index is 723. The van der Waals surface area contributed by atoms with Crippen molar-refractivity contribution in [2.45, 2.75) is 25.8 Å². The van der Waals surface area contributed by atoms with Gasteiger partial charge in [0.25, 0.3) is 0 Å². The van der Waals surface area contributed by atoms with Crippen molar-refractivity contribution in [3.05, 3.63) is 58.6 Å². The van der Waals surface area contributed by atoms with E-state index in [0.29, 0.717) is 6.04 Å². The Kier molecular flexibility index (Phi) is 4.69. The molecule has 1 unspecified atom stereocenters. The lowest BCUT2D eigenvalue weighted by molar-refractivity contribution is 0.0697. The van der Waals surface area contributed by atoms with Gasteiger partial charge in [-0.2, -0.15) is 0 Å². The average molecular weight is 330 g/mol. The zero-order chi connectivity index (χ0) is 16.4. The normalized spacial score (nSPS) is 16.4. The van der Waals surface area contributed by atoms with Crippen molar-refractivity contribution in [2.24, 2.45) is 0 Å². The minimum atomic E-state index is -1.00. The summed E-state index contributed by atoms with van der Waals surface area (Å²) >= 11 is 5.96. The van der Waals surface area contributed by atoms with Gasteiger partial charge in [-0.15, -0.1) is 0 Å². The molecule has 1 N–H and O–H groups in total. The van der Waals surface area contributed by atoms with Gasteiger partial charge in [0.2, 0.25) is 0 Å². The summed E-state index contributed by atoms with van der Waals surface area (Å²) in [5.74, 6) is -1.00. The van der Waals surface area contributed by atoms with E-state index in [2.05, 4.69) is 24.0 Å². The van der Waals surface area contributed by atoms with Gasteiger partial charge in [0.05, 0.1) is 10.6 Å². The molecule has 1 heterocycles. The highest BCUT2D eigenvalue weighted by molar-refractivity contribution is 6.33. The highest BCUT2D eigenvalue weighted by Crippen LogP contribution is 2.30. The minimum absolute atomic E-state index is 0.141. The van der Waals surface area contributed by atoms with Crippen LogP contribution in [0.4, 0.5) is 0 Å². The van der Waals surface area contributed by atoms with Crippen LogP contribution in [0.5, 0.6) is 0 Å². The molecule has 3 nitrogen and oxygen atoms in total. The van der Waals surface area contributed by atoms with E-state index in [-0.39, 0.29) is 10.6 Å². The Morgan fingerprint density at radius 2 is 1.83 bits per heavy atom. The van der Waals surface area contributed by atoms with Gasteiger partial charge in [-0.05, 0) is 67.7 Å². The van der Waals surface area contributed by atoms with E-state index in [4.69, 9.17) is 11.6 Å². The first-order valence-corrected chi connectivity index (χ1v) is 8.31. The standard InChI is InChI=1S/C19H20ClNO2/c1-13(21-9-2-3-10-21)14-5-4-6-15(11-14)16-7-8-18(20)17(12-16)19(22)23/h4-8,11-13H,2-3,9-10H2,1H3,(H,22,23). The van der Waals surface area contributed by atoms with Crippen LogP contribution in [0.15, 0.2) is 42.5 Å². The Hall–Kier alpha value is -1.84. The first kappa shape index (κ1) is 16.0. The smallest absolute Gasteiger partial charge is 0.337 e. The van der Waals surface area contributed by atoms with Gasteiger partial charge in [-0.25, -0.2) is 4.79 Å². The largest absolute Gasteiger partial charge is 0.478 e. The lowest BCUT2D eigenvalue weighted by atomic mass is 9.98. The molecule has 2 aromatic rings. The van der Waals surface area contributed by atoms with Crippen LogP contribution in [-0.4, -0.2) is 29.1 Å². The predicted octanol–water partition coefficient (Wildman–Crippen LogP) is 4.86. The SMILES string of the molecule is CC(c1cccc(-c2ccc(Cl)c(C(=O)O)c2)c1)N1CCCC1. The molecule has 0 spiro atoms. The van der Waals surface area contributed by atoms with Gasteiger partial charge in [0, 0.05) is 6.04 Å². The number of likely N-dealkylation sites (tertiary alicyclic amines) is 1. The Morgan fingerprint density at radius 1 is 1.13 bits per heavy atom. The molecule has 1 aliphatic heterocycles. The number of carboxylic acid groups (broad SMARTS) is 1. The molecular formula is C19H20ClNO2. The fourth-order valence-electron chi connectivity index (χ4n) is 3.19. The van der Waals surface area contributed by atoms with E-state index in [9.17, 15) is 9.90 Å². The first-order chi connectivity index (χ1) is 11.1. The van der Waals surface area contributed by atoms with Crippen molar-refractivity contribution in [3.63, 3.8) is 0 Å². The maximum atomic E-state index is 11.3. The fraction of sp³-hybridized carbons (Fsp3) is 0.316. The quantitative estimate of drug-likeness (QED) is 0.870. The summed E-state index contributed by atoms with van der Waals surface area (Å²) in [7, 11) is 0. The summed E-state index contributed by atoms with van der Waals surface area (Å²) in [6, 6.07) is 13.9. The molecule has 2 aromatic carbocycles. The lowest BCUT2D eigenvalue weighted by Gasteiger charge is -2.24. The van der Waals surface area contributed by atoms with Gasteiger partial charge < -0.3 is 5.11 Å². The van der Waals surface area contributed by atoms with E-state index in [1.54, 1.807) is 12.1 Å². The van der Waals surface area contributed by atoms with E-state index >= 15 is 0 Å². The van der Waals surface area contributed by atoms with E-state index in [0.717, 1.165) is 24.2 Å². The van der Waals surface area contributed by atoms with Crippen molar-refractivity contribution in [2.75, 3.05) is 13.1 Å². The number of nitrogens with zero attached hydrogens (tertiary/aromatic N) is 1. The molecule has 0 aromatic heterocycles. The predicted molar refractivity (Wildman–Crippen MR) is 93.1 cm³/mol. The summed E-state index contributed by atoms with van der Waals surface area (Å²) < 4.78 is 0. The molecule has 1 aliphatic rings. The molecule has 3 rings (SSSR count). The molecule has 0 amide bonds. The number of carboxylic acids is 1. The maximum absolute atomic E-state index is 11.3. The molecule has 0 bridgehead atoms. The zero-order valence-corrected chi connectivity index (χ0v) is 13.9. The van der Waals surface area contributed by atoms with Crippen molar-refractivity contribution < 1.29 is 9.90 Å². The third kappa shape index (κ3) is 3.41. The second-order valence-corrected chi connectivity index (χ2v) is 6.45. The second-order valence-electron chi connectivity index (χ2n) is 6.04. The Balaban J connectivity index is 1.93. The van der Waals surface area contributed by atoms with Gasteiger partial charge >= 0.3 is 5.97 Å². The van der Waals surface area contributed by atoms with Gasteiger partial charge in [0.1, 0.15) is 0 Å². The number of carbonyl (C=O) groups is 1. The molecule has 0 saturated carbocycles.